The molecule has 0 aliphatic rings. The average molecular weight is 303 g/mol. The second-order valence-electron chi connectivity index (χ2n) is 4.99. The largest absolute Gasteiger partial charge is 0.375 e. The molecule has 118 valence electrons. The summed E-state index contributed by atoms with van der Waals surface area (Å²) in [6.45, 7) is 5.18. The monoisotopic (exact) mass is 303 g/mol. The highest BCUT2D eigenvalue weighted by atomic mass is 16.5. The second-order valence-corrected chi connectivity index (χ2v) is 4.99. The van der Waals surface area contributed by atoms with E-state index in [4.69, 9.17) is 10.00 Å². The van der Waals surface area contributed by atoms with Gasteiger partial charge in [-0.3, -0.25) is 14.5 Å². The van der Waals surface area contributed by atoms with Crippen LogP contribution in [0.25, 0.3) is 0 Å². The minimum absolute atomic E-state index is 0.0950. The van der Waals surface area contributed by atoms with E-state index in [1.54, 1.807) is 6.92 Å². The Balaban J connectivity index is 3.22. The number of rotatable bonds is 6. The van der Waals surface area contributed by atoms with Gasteiger partial charge in [0.2, 0.25) is 5.91 Å². The fourth-order valence-electron chi connectivity index (χ4n) is 2.30. The van der Waals surface area contributed by atoms with Gasteiger partial charge in [-0.15, -0.1) is 0 Å². The van der Waals surface area contributed by atoms with Crippen molar-refractivity contribution in [1.29, 1.82) is 5.26 Å². The molecule has 0 spiro atoms. The van der Waals surface area contributed by atoms with Crippen molar-refractivity contribution in [2.45, 2.75) is 26.8 Å². The van der Waals surface area contributed by atoms with Crippen LogP contribution in [-0.2, 0) is 14.3 Å². The standard InChI is InChI=1S/C16H21N3O3/c1-11-6-5-7-12(2)15(11)19(14(20)10-22-4)13(3)16(21)18-9-8-17/h5-7,13H,9-10H2,1-4H3,(H,18,21). The molecule has 1 rings (SSSR count). The van der Waals surface area contributed by atoms with Gasteiger partial charge in [0.15, 0.2) is 0 Å². The van der Waals surface area contributed by atoms with Gasteiger partial charge >= 0.3 is 0 Å². The molecule has 0 fully saturated rings. The Bertz CT molecular complexity index is 573. The number of nitriles is 1. The van der Waals surface area contributed by atoms with Gasteiger partial charge in [-0.05, 0) is 31.9 Å². The van der Waals surface area contributed by atoms with E-state index in [-0.39, 0.29) is 25.0 Å². The highest BCUT2D eigenvalue weighted by Gasteiger charge is 2.29. The van der Waals surface area contributed by atoms with Crippen LogP contribution >= 0.6 is 0 Å². The van der Waals surface area contributed by atoms with Crippen molar-refractivity contribution in [2.24, 2.45) is 0 Å². The van der Waals surface area contributed by atoms with Crippen LogP contribution in [0.3, 0.4) is 0 Å². The zero-order valence-electron chi connectivity index (χ0n) is 13.3. The number of benzene rings is 1. The number of nitrogens with one attached hydrogen (secondary N) is 1. The number of para-hydroxylation sites is 1. The van der Waals surface area contributed by atoms with Crippen LogP contribution in [-0.4, -0.2) is 38.1 Å². The Hall–Kier alpha value is -2.39. The molecule has 0 aliphatic heterocycles. The highest BCUT2D eigenvalue weighted by molar-refractivity contribution is 6.02. The normalized spacial score (nSPS) is 11.4. The zero-order chi connectivity index (χ0) is 16.7. The number of hydrogen-bond donors (Lipinski definition) is 1. The Labute approximate surface area is 130 Å². The van der Waals surface area contributed by atoms with Gasteiger partial charge in [0.05, 0.1) is 11.8 Å². The average Bonchev–Trinajstić information content (AvgIpc) is 2.48. The molecule has 6 heteroatoms. The molecule has 1 aromatic rings. The van der Waals surface area contributed by atoms with Crippen LogP contribution in [0, 0.1) is 25.2 Å². The number of nitrogens with zero attached hydrogens (tertiary/aromatic N) is 2. The van der Waals surface area contributed by atoms with Gasteiger partial charge in [-0.25, -0.2) is 0 Å². The summed E-state index contributed by atoms with van der Waals surface area (Å²) in [7, 11) is 1.43. The van der Waals surface area contributed by atoms with Gasteiger partial charge in [0.1, 0.15) is 19.2 Å². The van der Waals surface area contributed by atoms with Gasteiger partial charge in [-0.1, -0.05) is 18.2 Å². The van der Waals surface area contributed by atoms with E-state index in [0.29, 0.717) is 5.69 Å². The summed E-state index contributed by atoms with van der Waals surface area (Å²) >= 11 is 0. The van der Waals surface area contributed by atoms with Crippen LogP contribution in [0.5, 0.6) is 0 Å². The maximum atomic E-state index is 12.4. The first kappa shape index (κ1) is 17.7. The lowest BCUT2D eigenvalue weighted by Gasteiger charge is -2.30. The first-order chi connectivity index (χ1) is 10.4. The summed E-state index contributed by atoms with van der Waals surface area (Å²) in [5.41, 5.74) is 2.48. The lowest BCUT2D eigenvalue weighted by atomic mass is 10.1. The van der Waals surface area contributed by atoms with Crippen molar-refractivity contribution in [3.8, 4) is 6.07 Å². The lowest BCUT2D eigenvalue weighted by Crippen LogP contribution is -2.50. The minimum Gasteiger partial charge on any atom is -0.375 e. The molecule has 0 aromatic heterocycles. The first-order valence-electron chi connectivity index (χ1n) is 6.95. The third kappa shape index (κ3) is 4.06. The Morgan fingerprint density at radius 1 is 1.36 bits per heavy atom. The summed E-state index contributed by atoms with van der Waals surface area (Å²) in [4.78, 5) is 26.0. The van der Waals surface area contributed by atoms with Gasteiger partial charge in [0, 0.05) is 7.11 Å². The van der Waals surface area contributed by atoms with E-state index in [1.165, 1.54) is 12.0 Å². The smallest absolute Gasteiger partial charge is 0.253 e. The summed E-state index contributed by atoms with van der Waals surface area (Å²) in [5, 5.41) is 11.1. The molecular formula is C16H21N3O3. The summed E-state index contributed by atoms with van der Waals surface area (Å²) in [6.07, 6.45) is 0. The Kier molecular flexibility index (Phi) is 6.54. The van der Waals surface area contributed by atoms with E-state index < -0.39 is 6.04 Å². The van der Waals surface area contributed by atoms with Crippen molar-refractivity contribution in [3.63, 3.8) is 0 Å². The minimum atomic E-state index is -0.740. The number of anilines is 1. The van der Waals surface area contributed by atoms with Gasteiger partial charge in [0.25, 0.3) is 5.91 Å². The van der Waals surface area contributed by atoms with Crippen LogP contribution in [0.1, 0.15) is 18.1 Å². The quantitative estimate of drug-likeness (QED) is 0.803. The lowest BCUT2D eigenvalue weighted by molar-refractivity contribution is -0.127. The molecule has 1 aromatic carbocycles. The Morgan fingerprint density at radius 3 is 2.45 bits per heavy atom. The molecule has 22 heavy (non-hydrogen) atoms. The molecule has 0 aliphatic carbocycles. The maximum absolute atomic E-state index is 12.4. The number of amides is 2. The molecular weight excluding hydrogens is 282 g/mol. The highest BCUT2D eigenvalue weighted by Crippen LogP contribution is 2.26. The summed E-state index contributed by atoms with van der Waals surface area (Å²) in [5.74, 6) is -0.687. The van der Waals surface area contributed by atoms with Crippen molar-refractivity contribution in [1.82, 2.24) is 5.32 Å². The molecule has 1 unspecified atom stereocenters. The van der Waals surface area contributed by atoms with Crippen molar-refractivity contribution >= 4 is 17.5 Å². The van der Waals surface area contributed by atoms with Crippen LogP contribution in [0.15, 0.2) is 18.2 Å². The molecule has 0 bridgehead atoms. The molecule has 6 nitrogen and oxygen atoms in total. The summed E-state index contributed by atoms with van der Waals surface area (Å²) in [6, 6.07) is 6.77. The molecule has 0 saturated carbocycles. The van der Waals surface area contributed by atoms with Crippen molar-refractivity contribution in [2.75, 3.05) is 25.2 Å². The van der Waals surface area contributed by atoms with E-state index in [0.717, 1.165) is 11.1 Å². The van der Waals surface area contributed by atoms with Crippen molar-refractivity contribution in [3.05, 3.63) is 29.3 Å². The van der Waals surface area contributed by atoms with Crippen molar-refractivity contribution < 1.29 is 14.3 Å². The number of carbonyl (C=O) groups is 2. The number of hydrogen-bond acceptors (Lipinski definition) is 4. The summed E-state index contributed by atoms with van der Waals surface area (Å²) < 4.78 is 4.92. The predicted octanol–water partition coefficient (Wildman–Crippen LogP) is 1.31. The van der Waals surface area contributed by atoms with Crippen LogP contribution in [0.2, 0.25) is 0 Å². The SMILES string of the molecule is COCC(=O)N(c1c(C)cccc1C)C(C)C(=O)NCC#N. The molecule has 0 saturated heterocycles. The first-order valence-corrected chi connectivity index (χ1v) is 6.95. The van der Waals surface area contributed by atoms with Crippen LogP contribution < -0.4 is 10.2 Å². The molecule has 2 amide bonds. The fraction of sp³-hybridized carbons (Fsp3) is 0.438. The molecule has 0 heterocycles. The van der Waals surface area contributed by atoms with Gasteiger partial charge < -0.3 is 10.1 Å². The molecule has 1 atom stereocenters. The van der Waals surface area contributed by atoms with E-state index >= 15 is 0 Å². The van der Waals surface area contributed by atoms with E-state index in [1.807, 2.05) is 38.1 Å². The van der Waals surface area contributed by atoms with E-state index in [2.05, 4.69) is 5.32 Å². The molecule has 1 N–H and O–H groups in total. The third-order valence-electron chi connectivity index (χ3n) is 3.33. The third-order valence-corrected chi connectivity index (χ3v) is 3.33. The van der Waals surface area contributed by atoms with Gasteiger partial charge in [-0.2, -0.15) is 5.26 Å². The predicted molar refractivity (Wildman–Crippen MR) is 83.4 cm³/mol. The van der Waals surface area contributed by atoms with E-state index in [9.17, 15) is 9.59 Å². The maximum Gasteiger partial charge on any atom is 0.253 e. The number of ether oxygens (including phenoxy) is 1. The second kappa shape index (κ2) is 8.15. The number of methoxy groups -OCH3 is 1. The Morgan fingerprint density at radius 2 is 1.95 bits per heavy atom. The number of aryl methyl sites for hydroxylation is 2. The fourth-order valence-corrected chi connectivity index (χ4v) is 2.30. The zero-order valence-corrected chi connectivity index (χ0v) is 13.3. The molecule has 0 radical (unpaired) electrons. The van der Waals surface area contributed by atoms with Crippen LogP contribution in [0.4, 0.5) is 5.69 Å². The number of carbonyl (C=O) groups excluding carboxylic acids is 2. The topological polar surface area (TPSA) is 82.4 Å².